The van der Waals surface area contributed by atoms with Gasteiger partial charge in [-0.2, -0.15) is 0 Å². The van der Waals surface area contributed by atoms with E-state index in [2.05, 4.69) is 43.1 Å². The molecule has 0 aliphatic heterocycles. The Morgan fingerprint density at radius 2 is 1.84 bits per heavy atom. The van der Waals surface area contributed by atoms with Crippen molar-refractivity contribution in [3.63, 3.8) is 0 Å². The summed E-state index contributed by atoms with van der Waals surface area (Å²) in [6.07, 6.45) is 1.91. The van der Waals surface area contributed by atoms with Gasteiger partial charge in [0.15, 0.2) is 18.3 Å². The zero-order valence-electron chi connectivity index (χ0n) is 15.5. The summed E-state index contributed by atoms with van der Waals surface area (Å²) in [5.41, 5.74) is 2.25. The third kappa shape index (κ3) is 4.81. The fourth-order valence-corrected chi connectivity index (χ4v) is 4.18. The lowest BCUT2D eigenvalue weighted by molar-refractivity contribution is 0.0481. The van der Waals surface area contributed by atoms with Gasteiger partial charge in [0, 0.05) is 31.1 Å². The molecule has 0 amide bonds. The highest BCUT2D eigenvalue weighted by atomic mass is 31.1. The van der Waals surface area contributed by atoms with E-state index in [1.54, 1.807) is 21.3 Å². The molecule has 134 valence electrons. The first-order valence-electron chi connectivity index (χ1n) is 8.12. The maximum Gasteiger partial charge on any atom is 0.188 e. The summed E-state index contributed by atoms with van der Waals surface area (Å²) in [5.74, 6) is 1.46. The van der Waals surface area contributed by atoms with Crippen LogP contribution in [0.15, 0.2) is 47.5 Å². The summed E-state index contributed by atoms with van der Waals surface area (Å²) < 4.78 is 16.4. The normalized spacial score (nSPS) is 12.2. The van der Waals surface area contributed by atoms with E-state index in [4.69, 9.17) is 14.2 Å². The SMILES string of the molecule is CN=Cc1ccccc1PC(C)(C)c1cccc(OC)c1OCOC. The van der Waals surface area contributed by atoms with Crippen LogP contribution in [-0.2, 0) is 9.89 Å². The second-order valence-electron chi connectivity index (χ2n) is 6.11. The van der Waals surface area contributed by atoms with Crippen molar-refractivity contribution in [3.05, 3.63) is 53.6 Å². The molecule has 1 atom stereocenters. The molecule has 0 heterocycles. The van der Waals surface area contributed by atoms with Crippen molar-refractivity contribution in [3.8, 4) is 11.5 Å². The molecule has 0 saturated heterocycles. The summed E-state index contributed by atoms with van der Waals surface area (Å²) in [7, 11) is 5.61. The number of methoxy groups -OCH3 is 2. The van der Waals surface area contributed by atoms with Gasteiger partial charge in [-0.1, -0.05) is 58.8 Å². The minimum atomic E-state index is -0.130. The lowest BCUT2D eigenvalue weighted by atomic mass is 10.0. The average molecular weight is 359 g/mol. The Morgan fingerprint density at radius 3 is 2.52 bits per heavy atom. The van der Waals surface area contributed by atoms with E-state index in [0.29, 0.717) is 8.58 Å². The summed E-state index contributed by atoms with van der Waals surface area (Å²) >= 11 is 0. The quantitative estimate of drug-likeness (QED) is 0.407. The molecule has 0 fully saturated rings. The number of hydrogen-bond acceptors (Lipinski definition) is 4. The first kappa shape index (κ1) is 19.4. The van der Waals surface area contributed by atoms with E-state index in [9.17, 15) is 0 Å². The predicted molar refractivity (Wildman–Crippen MR) is 106 cm³/mol. The fraction of sp³-hybridized carbons (Fsp3) is 0.350. The minimum absolute atomic E-state index is 0.130. The molecule has 0 aliphatic rings. The highest BCUT2D eigenvalue weighted by molar-refractivity contribution is 7.48. The largest absolute Gasteiger partial charge is 0.493 e. The van der Waals surface area contributed by atoms with Gasteiger partial charge in [0.1, 0.15) is 0 Å². The lowest BCUT2D eigenvalue weighted by Crippen LogP contribution is -2.19. The molecular weight excluding hydrogens is 333 g/mol. The van der Waals surface area contributed by atoms with Gasteiger partial charge in [0.2, 0.25) is 0 Å². The van der Waals surface area contributed by atoms with E-state index in [0.717, 1.165) is 22.6 Å². The molecule has 4 nitrogen and oxygen atoms in total. The second kappa shape index (κ2) is 8.98. The molecule has 0 bridgehead atoms. The summed E-state index contributed by atoms with van der Waals surface area (Å²) in [6.45, 7) is 4.63. The summed E-state index contributed by atoms with van der Waals surface area (Å²) in [5, 5.41) is 1.15. The van der Waals surface area contributed by atoms with E-state index >= 15 is 0 Å². The van der Waals surface area contributed by atoms with Gasteiger partial charge < -0.3 is 14.2 Å². The molecule has 5 heteroatoms. The van der Waals surface area contributed by atoms with Gasteiger partial charge in [0.05, 0.1) is 7.11 Å². The molecule has 0 N–H and O–H groups in total. The minimum Gasteiger partial charge on any atom is -0.493 e. The Labute approximate surface area is 152 Å². The Morgan fingerprint density at radius 1 is 1.08 bits per heavy atom. The van der Waals surface area contributed by atoms with Crippen LogP contribution in [0.1, 0.15) is 25.0 Å². The second-order valence-corrected chi connectivity index (χ2v) is 8.15. The average Bonchev–Trinajstić information content (AvgIpc) is 2.61. The van der Waals surface area contributed by atoms with Crippen LogP contribution in [0.3, 0.4) is 0 Å². The van der Waals surface area contributed by atoms with Crippen LogP contribution in [0, 0.1) is 0 Å². The van der Waals surface area contributed by atoms with Crippen molar-refractivity contribution in [1.82, 2.24) is 0 Å². The number of hydrogen-bond donors (Lipinski definition) is 0. The molecule has 0 radical (unpaired) electrons. The number of aliphatic imine (C=N–C) groups is 1. The zero-order chi connectivity index (χ0) is 18.3. The van der Waals surface area contributed by atoms with Crippen molar-refractivity contribution >= 4 is 20.1 Å². The van der Waals surface area contributed by atoms with Crippen LogP contribution in [0.2, 0.25) is 0 Å². The Hall–Kier alpha value is -1.90. The predicted octanol–water partition coefficient (Wildman–Crippen LogP) is 3.97. The Balaban J connectivity index is 2.42. The number of para-hydroxylation sites is 1. The number of benzene rings is 2. The smallest absolute Gasteiger partial charge is 0.188 e. The fourth-order valence-electron chi connectivity index (χ4n) is 2.70. The molecule has 1 unspecified atom stereocenters. The molecule has 2 rings (SSSR count). The number of rotatable bonds is 8. The molecule has 2 aromatic rings. The molecule has 2 aromatic carbocycles. The van der Waals surface area contributed by atoms with Gasteiger partial charge in [-0.05, 0) is 16.9 Å². The molecular formula is C20H26NO3P. The first-order chi connectivity index (χ1) is 12.0. The lowest BCUT2D eigenvalue weighted by Gasteiger charge is -2.29. The number of nitrogens with zero attached hydrogens (tertiary/aromatic N) is 1. The highest BCUT2D eigenvalue weighted by Gasteiger charge is 2.28. The van der Waals surface area contributed by atoms with E-state index < -0.39 is 0 Å². The topological polar surface area (TPSA) is 40.0 Å². The van der Waals surface area contributed by atoms with Crippen LogP contribution >= 0.6 is 8.58 Å². The van der Waals surface area contributed by atoms with Crippen molar-refractivity contribution in [2.45, 2.75) is 19.0 Å². The molecule has 0 saturated carbocycles. The highest BCUT2D eigenvalue weighted by Crippen LogP contribution is 2.47. The van der Waals surface area contributed by atoms with Crippen molar-refractivity contribution in [2.24, 2.45) is 4.99 Å². The van der Waals surface area contributed by atoms with E-state index in [-0.39, 0.29) is 11.9 Å². The van der Waals surface area contributed by atoms with E-state index in [1.807, 2.05) is 24.4 Å². The Bertz CT molecular complexity index is 729. The third-order valence-corrected chi connectivity index (χ3v) is 5.49. The van der Waals surface area contributed by atoms with Gasteiger partial charge in [-0.3, -0.25) is 4.99 Å². The third-order valence-electron chi connectivity index (χ3n) is 3.87. The number of ether oxygens (including phenoxy) is 3. The summed E-state index contributed by atoms with van der Waals surface area (Å²) in [6, 6.07) is 14.4. The standard InChI is InChI=1S/C20H26NO3P/c1-20(2,25-18-12-7-6-9-15(18)13-21-3)16-10-8-11-17(23-5)19(16)24-14-22-4/h6-13,25H,14H2,1-5H3. The van der Waals surface area contributed by atoms with Crippen LogP contribution in [0.5, 0.6) is 11.5 Å². The monoisotopic (exact) mass is 359 g/mol. The van der Waals surface area contributed by atoms with Crippen molar-refractivity contribution in [2.75, 3.05) is 28.1 Å². The molecule has 0 spiro atoms. The molecule has 25 heavy (non-hydrogen) atoms. The van der Waals surface area contributed by atoms with Crippen molar-refractivity contribution < 1.29 is 14.2 Å². The molecule has 0 aromatic heterocycles. The Kier molecular flexibility index (Phi) is 6.98. The van der Waals surface area contributed by atoms with Gasteiger partial charge >= 0.3 is 0 Å². The zero-order valence-corrected chi connectivity index (χ0v) is 16.5. The van der Waals surface area contributed by atoms with Crippen LogP contribution < -0.4 is 14.8 Å². The van der Waals surface area contributed by atoms with Gasteiger partial charge in [-0.25, -0.2) is 0 Å². The maximum absolute atomic E-state index is 5.84. The van der Waals surface area contributed by atoms with Crippen LogP contribution in [0.25, 0.3) is 0 Å². The maximum atomic E-state index is 5.84. The van der Waals surface area contributed by atoms with E-state index in [1.165, 1.54) is 5.30 Å². The van der Waals surface area contributed by atoms with Crippen LogP contribution in [-0.4, -0.2) is 34.3 Å². The molecule has 0 aliphatic carbocycles. The van der Waals surface area contributed by atoms with Gasteiger partial charge in [0.25, 0.3) is 0 Å². The summed E-state index contributed by atoms with van der Waals surface area (Å²) in [4.78, 5) is 4.17. The van der Waals surface area contributed by atoms with Crippen molar-refractivity contribution in [1.29, 1.82) is 0 Å². The van der Waals surface area contributed by atoms with Crippen LogP contribution in [0.4, 0.5) is 0 Å². The van der Waals surface area contributed by atoms with Gasteiger partial charge in [-0.15, -0.1) is 0 Å². The first-order valence-corrected chi connectivity index (χ1v) is 9.12.